The molecule has 0 aliphatic carbocycles. The van der Waals surface area contributed by atoms with E-state index in [9.17, 15) is 23.8 Å². The number of thiazole rings is 1. The molecule has 5 N–H and O–H groups in total. The summed E-state index contributed by atoms with van der Waals surface area (Å²) in [5.41, 5.74) is 5.83. The largest absolute Gasteiger partial charge is 0.390 e. The SMILES string of the molecule is Cn1ncc(NC(=O)c2nc(-c3c(F)cccc3F)sc2N)c1N1CC[C@@H](O)[C@@H](O)CC1. The highest BCUT2D eigenvalue weighted by Gasteiger charge is 2.27. The van der Waals surface area contributed by atoms with E-state index in [1.807, 2.05) is 4.90 Å². The monoisotopic (exact) mass is 464 g/mol. The second-order valence-electron chi connectivity index (χ2n) is 7.49. The number of halogens is 2. The highest BCUT2D eigenvalue weighted by Crippen LogP contribution is 2.34. The van der Waals surface area contributed by atoms with Crippen LogP contribution in [0.1, 0.15) is 23.3 Å². The number of aliphatic hydroxyl groups is 2. The van der Waals surface area contributed by atoms with Crippen LogP contribution in [-0.4, -0.2) is 56.2 Å². The van der Waals surface area contributed by atoms with E-state index in [2.05, 4.69) is 15.4 Å². The average Bonchev–Trinajstić information content (AvgIpc) is 3.25. The molecule has 3 heterocycles. The summed E-state index contributed by atoms with van der Waals surface area (Å²) < 4.78 is 29.8. The number of benzene rings is 1. The third-order valence-electron chi connectivity index (χ3n) is 5.33. The fourth-order valence-electron chi connectivity index (χ4n) is 3.66. The lowest BCUT2D eigenvalue weighted by molar-refractivity contribution is 0.0187. The summed E-state index contributed by atoms with van der Waals surface area (Å²) in [5.74, 6) is -1.66. The molecular formula is C20H22F2N6O3S. The van der Waals surface area contributed by atoms with Crippen molar-refractivity contribution < 1.29 is 23.8 Å². The van der Waals surface area contributed by atoms with Gasteiger partial charge < -0.3 is 26.2 Å². The molecule has 3 aromatic rings. The first-order chi connectivity index (χ1) is 15.3. The van der Waals surface area contributed by atoms with Gasteiger partial charge in [0.2, 0.25) is 0 Å². The van der Waals surface area contributed by atoms with Crippen molar-refractivity contribution in [2.75, 3.05) is 29.0 Å². The molecule has 9 nitrogen and oxygen atoms in total. The minimum absolute atomic E-state index is 0.0200. The number of carbonyl (C=O) groups excluding carboxylic acids is 1. The Morgan fingerprint density at radius 2 is 1.84 bits per heavy atom. The van der Waals surface area contributed by atoms with Crippen molar-refractivity contribution in [3.63, 3.8) is 0 Å². The highest BCUT2D eigenvalue weighted by molar-refractivity contribution is 7.19. The molecule has 0 saturated carbocycles. The standard InChI is InChI=1S/C20H22F2N6O3S/c1-27-20(28-7-5-13(29)14(30)6-8-28)12(9-24-27)25-18(31)16-17(23)32-19(26-16)15-10(21)3-2-4-11(15)22/h2-4,9,13-14,29-30H,5-8,23H2,1H3,(H,25,31)/t13-,14+. The van der Waals surface area contributed by atoms with Gasteiger partial charge >= 0.3 is 0 Å². The molecule has 32 heavy (non-hydrogen) atoms. The molecule has 1 aromatic carbocycles. The molecule has 1 amide bonds. The molecule has 1 saturated heterocycles. The first-order valence-electron chi connectivity index (χ1n) is 9.91. The van der Waals surface area contributed by atoms with Crippen LogP contribution in [0.25, 0.3) is 10.6 Å². The Hall–Kier alpha value is -3.09. The van der Waals surface area contributed by atoms with Gasteiger partial charge in [0.25, 0.3) is 5.91 Å². The number of amides is 1. The van der Waals surface area contributed by atoms with Gasteiger partial charge in [-0.2, -0.15) is 5.10 Å². The fourth-order valence-corrected chi connectivity index (χ4v) is 4.54. The number of nitrogen functional groups attached to an aromatic ring is 1. The van der Waals surface area contributed by atoms with Crippen LogP contribution in [-0.2, 0) is 7.05 Å². The predicted octanol–water partition coefficient (Wildman–Crippen LogP) is 1.98. The van der Waals surface area contributed by atoms with E-state index in [-0.39, 0.29) is 21.3 Å². The summed E-state index contributed by atoms with van der Waals surface area (Å²) in [6, 6.07) is 3.45. The van der Waals surface area contributed by atoms with Gasteiger partial charge in [0, 0.05) is 20.1 Å². The van der Waals surface area contributed by atoms with Crippen molar-refractivity contribution in [1.82, 2.24) is 14.8 Å². The molecule has 0 bridgehead atoms. The van der Waals surface area contributed by atoms with Gasteiger partial charge in [-0.15, -0.1) is 0 Å². The number of aromatic nitrogens is 3. The quantitative estimate of drug-likeness (QED) is 0.465. The number of nitrogens with two attached hydrogens (primary N) is 1. The number of carbonyl (C=O) groups is 1. The summed E-state index contributed by atoms with van der Waals surface area (Å²) in [4.78, 5) is 18.9. The summed E-state index contributed by atoms with van der Waals surface area (Å²) in [6.07, 6.45) is 0.536. The molecule has 0 unspecified atom stereocenters. The number of hydrogen-bond acceptors (Lipinski definition) is 8. The normalized spacial score (nSPS) is 19.1. The number of nitrogens with one attached hydrogen (secondary N) is 1. The van der Waals surface area contributed by atoms with Crippen molar-refractivity contribution in [1.29, 1.82) is 0 Å². The number of aliphatic hydroxyl groups excluding tert-OH is 2. The summed E-state index contributed by atoms with van der Waals surface area (Å²) in [5, 5.41) is 26.7. The van der Waals surface area contributed by atoms with Gasteiger partial charge in [0.15, 0.2) is 11.5 Å². The number of aryl methyl sites for hydroxylation is 1. The number of nitrogens with zero attached hydrogens (tertiary/aromatic N) is 4. The van der Waals surface area contributed by atoms with E-state index in [1.54, 1.807) is 11.7 Å². The van der Waals surface area contributed by atoms with Gasteiger partial charge in [-0.05, 0) is 25.0 Å². The van der Waals surface area contributed by atoms with E-state index in [4.69, 9.17) is 5.73 Å². The Bertz CT molecular complexity index is 1120. The molecule has 2 aromatic heterocycles. The van der Waals surface area contributed by atoms with Crippen molar-refractivity contribution >= 4 is 33.8 Å². The maximum atomic E-state index is 14.1. The topological polar surface area (TPSA) is 130 Å². The van der Waals surface area contributed by atoms with Gasteiger partial charge in [-0.25, -0.2) is 13.8 Å². The third kappa shape index (κ3) is 4.16. The Morgan fingerprint density at radius 3 is 2.47 bits per heavy atom. The number of anilines is 3. The van der Waals surface area contributed by atoms with Gasteiger partial charge in [-0.1, -0.05) is 17.4 Å². The first-order valence-corrected chi connectivity index (χ1v) is 10.7. The molecule has 0 radical (unpaired) electrons. The van der Waals surface area contributed by atoms with Gasteiger partial charge in [0.05, 0.1) is 24.0 Å². The van der Waals surface area contributed by atoms with E-state index >= 15 is 0 Å². The molecule has 170 valence electrons. The van der Waals surface area contributed by atoms with Crippen LogP contribution in [0.5, 0.6) is 0 Å². The molecule has 1 fully saturated rings. The summed E-state index contributed by atoms with van der Waals surface area (Å²) in [6.45, 7) is 0.909. The van der Waals surface area contributed by atoms with Crippen LogP contribution in [0.4, 0.5) is 25.3 Å². The van der Waals surface area contributed by atoms with Crippen LogP contribution in [0.3, 0.4) is 0 Å². The van der Waals surface area contributed by atoms with Crippen LogP contribution < -0.4 is 16.0 Å². The maximum Gasteiger partial charge on any atom is 0.277 e. The molecule has 4 rings (SSSR count). The molecular weight excluding hydrogens is 442 g/mol. The molecule has 1 aliphatic rings. The zero-order chi connectivity index (χ0) is 23.0. The fraction of sp³-hybridized carbons (Fsp3) is 0.350. The van der Waals surface area contributed by atoms with Crippen LogP contribution in [0.15, 0.2) is 24.4 Å². The zero-order valence-corrected chi connectivity index (χ0v) is 17.9. The van der Waals surface area contributed by atoms with Gasteiger partial charge in [0.1, 0.15) is 27.3 Å². The molecule has 0 spiro atoms. The molecule has 2 atom stereocenters. The minimum Gasteiger partial charge on any atom is -0.390 e. The third-order valence-corrected chi connectivity index (χ3v) is 6.24. The van der Waals surface area contributed by atoms with Crippen LogP contribution in [0.2, 0.25) is 0 Å². The minimum atomic E-state index is -0.821. The van der Waals surface area contributed by atoms with Gasteiger partial charge in [-0.3, -0.25) is 9.48 Å². The van der Waals surface area contributed by atoms with E-state index < -0.39 is 29.7 Å². The lowest BCUT2D eigenvalue weighted by atomic mass is 10.1. The Balaban J connectivity index is 1.59. The molecule has 12 heteroatoms. The summed E-state index contributed by atoms with van der Waals surface area (Å²) >= 11 is 0.814. The lowest BCUT2D eigenvalue weighted by Crippen LogP contribution is -2.28. The maximum absolute atomic E-state index is 14.1. The van der Waals surface area contributed by atoms with Crippen molar-refractivity contribution in [3.8, 4) is 10.6 Å². The van der Waals surface area contributed by atoms with E-state index in [0.29, 0.717) is 37.4 Å². The van der Waals surface area contributed by atoms with Crippen molar-refractivity contribution in [3.05, 3.63) is 41.7 Å². The highest BCUT2D eigenvalue weighted by atomic mass is 32.1. The van der Waals surface area contributed by atoms with E-state index in [0.717, 1.165) is 23.5 Å². The Kier molecular flexibility index (Phi) is 6.09. The van der Waals surface area contributed by atoms with E-state index in [1.165, 1.54) is 12.3 Å². The van der Waals surface area contributed by atoms with Crippen LogP contribution >= 0.6 is 11.3 Å². The number of rotatable bonds is 4. The van der Waals surface area contributed by atoms with Crippen molar-refractivity contribution in [2.45, 2.75) is 25.0 Å². The Labute approximate surface area is 186 Å². The summed E-state index contributed by atoms with van der Waals surface area (Å²) in [7, 11) is 1.71. The second-order valence-corrected chi connectivity index (χ2v) is 8.52. The smallest absolute Gasteiger partial charge is 0.277 e. The Morgan fingerprint density at radius 1 is 1.22 bits per heavy atom. The lowest BCUT2D eigenvalue weighted by Gasteiger charge is -2.23. The second kappa shape index (κ2) is 8.81. The molecule has 1 aliphatic heterocycles. The van der Waals surface area contributed by atoms with Crippen LogP contribution in [0, 0.1) is 11.6 Å². The number of hydrogen-bond donors (Lipinski definition) is 4. The first kappa shape index (κ1) is 22.1. The van der Waals surface area contributed by atoms with Crippen molar-refractivity contribution in [2.24, 2.45) is 7.05 Å². The predicted molar refractivity (Wildman–Crippen MR) is 117 cm³/mol. The average molecular weight is 464 g/mol. The zero-order valence-electron chi connectivity index (χ0n) is 17.1.